The van der Waals surface area contributed by atoms with Gasteiger partial charge in [0.1, 0.15) is 6.54 Å². The van der Waals surface area contributed by atoms with E-state index in [1.165, 1.54) is 5.01 Å². The smallest absolute Gasteiger partial charge is 0.255 e. The molecule has 0 atom stereocenters. The molecule has 0 bridgehead atoms. The Kier molecular flexibility index (Phi) is 4.13. The van der Waals surface area contributed by atoms with Crippen molar-refractivity contribution in [1.29, 1.82) is 0 Å². The normalized spacial score (nSPS) is 19.9. The zero-order chi connectivity index (χ0) is 7.61. The molecule has 1 fully saturated rings. The quantitative estimate of drug-likeness (QED) is 0.668. The summed E-state index contributed by atoms with van der Waals surface area (Å²) < 4.78 is 34.9. The molecule has 0 amide bonds. The van der Waals surface area contributed by atoms with Crippen LogP contribution in [-0.2, 0) is 0 Å². The van der Waals surface area contributed by atoms with Crippen LogP contribution in [0.5, 0.6) is 0 Å². The van der Waals surface area contributed by atoms with Gasteiger partial charge in [-0.05, 0) is 6.42 Å². The summed E-state index contributed by atoms with van der Waals surface area (Å²) in [6.45, 7) is 0.322. The Morgan fingerprint density at radius 1 is 1.36 bits per heavy atom. The van der Waals surface area contributed by atoms with Crippen molar-refractivity contribution < 1.29 is 13.2 Å². The lowest BCUT2D eigenvalue weighted by Gasteiger charge is -2.16. The molecule has 1 rings (SSSR count). The van der Waals surface area contributed by atoms with E-state index in [1.54, 1.807) is 0 Å². The Bertz CT molecular complexity index is 111. The number of nitrogens with zero attached hydrogens (tertiary/aromatic N) is 1. The van der Waals surface area contributed by atoms with E-state index in [1.807, 2.05) is 0 Å². The highest BCUT2D eigenvalue weighted by atomic mass is 35.5. The van der Waals surface area contributed by atoms with Crippen LogP contribution in [0.4, 0.5) is 13.2 Å². The van der Waals surface area contributed by atoms with Gasteiger partial charge in [-0.3, -0.25) is 5.43 Å². The lowest BCUT2D eigenvalue weighted by atomic mass is 10.4. The number of hydrogen-bond donors (Lipinski definition) is 1. The second-order valence-electron chi connectivity index (χ2n) is 2.30. The van der Waals surface area contributed by atoms with Crippen molar-refractivity contribution in [2.75, 3.05) is 19.6 Å². The van der Waals surface area contributed by atoms with Crippen molar-refractivity contribution >= 4 is 12.4 Å². The molecule has 2 nitrogen and oxygen atoms in total. The van der Waals surface area contributed by atoms with Crippen LogP contribution in [-0.4, -0.2) is 30.8 Å². The van der Waals surface area contributed by atoms with Crippen molar-refractivity contribution in [2.45, 2.75) is 12.6 Å². The van der Waals surface area contributed by atoms with E-state index < -0.39 is 12.7 Å². The first-order valence-electron chi connectivity index (χ1n) is 3.13. The van der Waals surface area contributed by atoms with Gasteiger partial charge in [-0.15, -0.1) is 12.4 Å². The average Bonchev–Trinajstić information content (AvgIpc) is 2.12. The molecule has 68 valence electrons. The fourth-order valence-corrected chi connectivity index (χ4v) is 0.938. The van der Waals surface area contributed by atoms with Crippen molar-refractivity contribution in [3.63, 3.8) is 0 Å². The lowest BCUT2D eigenvalue weighted by Crippen LogP contribution is -2.38. The van der Waals surface area contributed by atoms with Gasteiger partial charge in [0.15, 0.2) is 0 Å². The Hall–Kier alpha value is -0.0000000000000000416. The second-order valence-corrected chi connectivity index (χ2v) is 2.30. The molecule has 6 heteroatoms. The summed E-state index contributed by atoms with van der Waals surface area (Å²) in [6.07, 6.45) is -3.27. The maximum Gasteiger partial charge on any atom is 0.402 e. The van der Waals surface area contributed by atoms with Crippen LogP contribution in [0, 0.1) is 0 Å². The fourth-order valence-electron chi connectivity index (χ4n) is 0.938. The van der Waals surface area contributed by atoms with Gasteiger partial charge in [0.05, 0.1) is 0 Å². The zero-order valence-electron chi connectivity index (χ0n) is 5.82. The third-order valence-corrected chi connectivity index (χ3v) is 1.31. The number of nitrogens with one attached hydrogen (secondary N) is 1. The molecule has 0 saturated carbocycles. The summed E-state index contributed by atoms with van der Waals surface area (Å²) in [5, 5.41) is 1.19. The number of hydrogen-bond acceptors (Lipinski definition) is 2. The maximum atomic E-state index is 11.6. The zero-order valence-corrected chi connectivity index (χ0v) is 6.63. The van der Waals surface area contributed by atoms with E-state index >= 15 is 0 Å². The minimum Gasteiger partial charge on any atom is -0.255 e. The first-order valence-corrected chi connectivity index (χ1v) is 3.13. The van der Waals surface area contributed by atoms with E-state index in [0.29, 0.717) is 13.1 Å². The van der Waals surface area contributed by atoms with Gasteiger partial charge < -0.3 is 0 Å². The second kappa shape index (κ2) is 4.13. The molecule has 1 saturated heterocycles. The van der Waals surface area contributed by atoms with Crippen LogP contribution in [0.15, 0.2) is 0 Å². The third kappa shape index (κ3) is 4.44. The lowest BCUT2D eigenvalue weighted by molar-refractivity contribution is -0.148. The predicted molar refractivity (Wildman–Crippen MR) is 37.5 cm³/mol. The van der Waals surface area contributed by atoms with E-state index in [9.17, 15) is 13.2 Å². The molecular formula is C5H10ClF3N2. The van der Waals surface area contributed by atoms with Crippen molar-refractivity contribution in [3.05, 3.63) is 0 Å². The minimum absolute atomic E-state index is 0. The standard InChI is InChI=1S/C5H9F3N2.ClH/c6-5(7,8)4-10-3-1-2-9-10;/h9H,1-4H2;1H. The van der Waals surface area contributed by atoms with E-state index in [4.69, 9.17) is 0 Å². The predicted octanol–water partition coefficient (Wildman–Crippen LogP) is 1.18. The molecule has 1 N–H and O–H groups in total. The van der Waals surface area contributed by atoms with Crippen LogP contribution >= 0.6 is 12.4 Å². The first-order chi connectivity index (χ1) is 4.58. The maximum absolute atomic E-state index is 11.6. The molecule has 1 heterocycles. The molecule has 0 aromatic carbocycles. The van der Waals surface area contributed by atoms with E-state index in [-0.39, 0.29) is 12.4 Å². The third-order valence-electron chi connectivity index (χ3n) is 1.31. The van der Waals surface area contributed by atoms with Gasteiger partial charge in [-0.2, -0.15) is 13.2 Å². The van der Waals surface area contributed by atoms with E-state index in [0.717, 1.165) is 6.42 Å². The molecule has 0 unspecified atom stereocenters. The van der Waals surface area contributed by atoms with Gasteiger partial charge in [-0.25, -0.2) is 5.01 Å². The number of rotatable bonds is 1. The van der Waals surface area contributed by atoms with Crippen LogP contribution in [0.2, 0.25) is 0 Å². The van der Waals surface area contributed by atoms with Crippen LogP contribution in [0.1, 0.15) is 6.42 Å². The summed E-state index contributed by atoms with van der Waals surface area (Å²) >= 11 is 0. The highest BCUT2D eigenvalue weighted by Crippen LogP contribution is 2.16. The summed E-state index contributed by atoms with van der Waals surface area (Å²) in [5.41, 5.74) is 2.63. The van der Waals surface area contributed by atoms with Crippen molar-refractivity contribution in [2.24, 2.45) is 0 Å². The molecular weight excluding hydrogens is 181 g/mol. The first kappa shape index (κ1) is 11.0. The highest BCUT2D eigenvalue weighted by Gasteiger charge is 2.31. The Labute approximate surface area is 69.1 Å². The van der Waals surface area contributed by atoms with Crippen LogP contribution in [0.25, 0.3) is 0 Å². The van der Waals surface area contributed by atoms with Gasteiger partial charge in [0.2, 0.25) is 0 Å². The van der Waals surface area contributed by atoms with Crippen LogP contribution < -0.4 is 5.43 Å². The van der Waals surface area contributed by atoms with Gasteiger partial charge >= 0.3 is 6.18 Å². The Balaban J connectivity index is 0.000001000. The van der Waals surface area contributed by atoms with Gasteiger partial charge in [-0.1, -0.05) is 0 Å². The SMILES string of the molecule is Cl.FC(F)(F)CN1CCCN1. The summed E-state index contributed by atoms with van der Waals surface area (Å²) in [5.74, 6) is 0. The summed E-state index contributed by atoms with van der Waals surface area (Å²) in [4.78, 5) is 0. The van der Waals surface area contributed by atoms with Gasteiger partial charge in [0, 0.05) is 13.1 Å². The Morgan fingerprint density at radius 2 is 2.00 bits per heavy atom. The molecule has 11 heavy (non-hydrogen) atoms. The summed E-state index contributed by atoms with van der Waals surface area (Å²) in [7, 11) is 0. The molecule has 0 aromatic rings. The topological polar surface area (TPSA) is 15.3 Å². The van der Waals surface area contributed by atoms with Crippen molar-refractivity contribution in [3.8, 4) is 0 Å². The molecule has 0 spiro atoms. The molecule has 0 aliphatic carbocycles. The van der Waals surface area contributed by atoms with E-state index in [2.05, 4.69) is 5.43 Å². The fraction of sp³-hybridized carbons (Fsp3) is 1.00. The van der Waals surface area contributed by atoms with Crippen LogP contribution in [0.3, 0.4) is 0 Å². The average molecular weight is 191 g/mol. The molecule has 0 radical (unpaired) electrons. The molecule has 1 aliphatic heterocycles. The molecule has 1 aliphatic rings. The Morgan fingerprint density at radius 3 is 2.36 bits per heavy atom. The van der Waals surface area contributed by atoms with Gasteiger partial charge in [0.25, 0.3) is 0 Å². The summed E-state index contributed by atoms with van der Waals surface area (Å²) in [6, 6.07) is 0. The van der Waals surface area contributed by atoms with Crippen molar-refractivity contribution in [1.82, 2.24) is 10.4 Å². The molecule has 0 aromatic heterocycles. The highest BCUT2D eigenvalue weighted by molar-refractivity contribution is 5.85. The largest absolute Gasteiger partial charge is 0.402 e. The number of alkyl halides is 3. The minimum atomic E-state index is -4.07. The number of halogens is 4. The number of hydrazine groups is 1. The monoisotopic (exact) mass is 190 g/mol.